The van der Waals surface area contributed by atoms with E-state index in [1.165, 1.54) is 6.33 Å². The normalized spacial score (nSPS) is 11.3. The highest BCUT2D eigenvalue weighted by Gasteiger charge is 2.14. The number of aromatic nitrogens is 6. The molecule has 3 heterocycles. The first-order valence-corrected chi connectivity index (χ1v) is 11.4. The van der Waals surface area contributed by atoms with E-state index in [-0.39, 0.29) is 4.90 Å². The molecule has 0 saturated heterocycles. The molecular formula is C22H18N8O2S. The molecule has 11 heteroatoms. The lowest BCUT2D eigenvalue weighted by Gasteiger charge is -2.11. The van der Waals surface area contributed by atoms with Crippen LogP contribution in [0.25, 0.3) is 11.5 Å². The summed E-state index contributed by atoms with van der Waals surface area (Å²) in [6, 6.07) is 17.0. The number of imidazole rings is 1. The summed E-state index contributed by atoms with van der Waals surface area (Å²) in [7, 11) is -3.73. The molecule has 0 saturated carbocycles. The van der Waals surface area contributed by atoms with Gasteiger partial charge in [-0.1, -0.05) is 0 Å². The Labute approximate surface area is 189 Å². The van der Waals surface area contributed by atoms with Gasteiger partial charge in [0.25, 0.3) is 10.0 Å². The fourth-order valence-corrected chi connectivity index (χ4v) is 4.19. The Balaban J connectivity index is 1.27. The molecular weight excluding hydrogens is 440 g/mol. The molecule has 0 atom stereocenters. The lowest BCUT2D eigenvalue weighted by atomic mass is 10.3. The third-order valence-electron chi connectivity index (χ3n) is 4.75. The Hall–Kier alpha value is -4.51. The average molecular weight is 459 g/mol. The van der Waals surface area contributed by atoms with E-state index in [9.17, 15) is 8.42 Å². The van der Waals surface area contributed by atoms with E-state index in [0.29, 0.717) is 17.3 Å². The zero-order chi connectivity index (χ0) is 22.7. The Morgan fingerprint density at radius 1 is 0.848 bits per heavy atom. The van der Waals surface area contributed by atoms with Gasteiger partial charge in [-0.3, -0.25) is 9.29 Å². The van der Waals surface area contributed by atoms with Crippen LogP contribution in [0.3, 0.4) is 0 Å². The maximum Gasteiger partial charge on any atom is 0.261 e. The third-order valence-corrected chi connectivity index (χ3v) is 6.14. The lowest BCUT2D eigenvalue weighted by molar-refractivity contribution is 0.601. The molecule has 33 heavy (non-hydrogen) atoms. The van der Waals surface area contributed by atoms with Crippen LogP contribution in [0.15, 0.2) is 103 Å². The number of nitrogens with zero attached hydrogens (tertiary/aromatic N) is 6. The molecule has 0 spiro atoms. The van der Waals surface area contributed by atoms with E-state index >= 15 is 0 Å². The van der Waals surface area contributed by atoms with Crippen LogP contribution in [0.1, 0.15) is 0 Å². The Bertz CT molecular complexity index is 1450. The second kappa shape index (κ2) is 8.55. The van der Waals surface area contributed by atoms with E-state index in [1.54, 1.807) is 101 Å². The zero-order valence-corrected chi connectivity index (χ0v) is 18.0. The molecule has 0 unspecified atom stereocenters. The maximum absolute atomic E-state index is 12.8. The van der Waals surface area contributed by atoms with Gasteiger partial charge in [0.1, 0.15) is 24.3 Å². The quantitative estimate of drug-likeness (QED) is 0.384. The summed E-state index contributed by atoms with van der Waals surface area (Å²) in [5.41, 5.74) is 1.96. The summed E-state index contributed by atoms with van der Waals surface area (Å²) < 4.78 is 31.5. The van der Waals surface area contributed by atoms with Crippen molar-refractivity contribution in [2.24, 2.45) is 0 Å². The van der Waals surface area contributed by atoms with Crippen molar-refractivity contribution in [1.29, 1.82) is 0 Å². The number of sulfonamides is 1. The Morgan fingerprint density at radius 3 is 2.33 bits per heavy atom. The van der Waals surface area contributed by atoms with Crippen LogP contribution in [0.2, 0.25) is 0 Å². The summed E-state index contributed by atoms with van der Waals surface area (Å²) in [4.78, 5) is 12.6. The molecule has 2 N–H and O–H groups in total. The summed E-state index contributed by atoms with van der Waals surface area (Å²) in [6.45, 7) is 0. The Kier molecular flexibility index (Phi) is 5.29. The van der Waals surface area contributed by atoms with Crippen molar-refractivity contribution < 1.29 is 8.42 Å². The second-order valence-electron chi connectivity index (χ2n) is 6.98. The zero-order valence-electron chi connectivity index (χ0n) is 17.1. The van der Waals surface area contributed by atoms with Crippen molar-refractivity contribution in [3.8, 4) is 11.5 Å². The molecule has 2 aromatic carbocycles. The molecule has 0 bridgehead atoms. The van der Waals surface area contributed by atoms with Crippen LogP contribution in [0.4, 0.5) is 17.2 Å². The summed E-state index contributed by atoms with van der Waals surface area (Å²) >= 11 is 0. The van der Waals surface area contributed by atoms with E-state index < -0.39 is 10.0 Å². The molecule has 0 aliphatic rings. The molecule has 5 rings (SSSR count). The SMILES string of the molecule is O=S(=O)(Nc1ccc(Nc2cc(-n3ccnc3)ncn2)cc1)c1ccc(-n2cccn2)cc1. The van der Waals surface area contributed by atoms with Crippen LogP contribution in [0.5, 0.6) is 0 Å². The maximum atomic E-state index is 12.8. The fraction of sp³-hybridized carbons (Fsp3) is 0. The van der Waals surface area contributed by atoms with Gasteiger partial charge in [0.15, 0.2) is 0 Å². The molecule has 164 valence electrons. The van der Waals surface area contributed by atoms with Gasteiger partial charge in [-0.15, -0.1) is 0 Å². The predicted octanol–water partition coefficient (Wildman–Crippen LogP) is 3.39. The van der Waals surface area contributed by atoms with Crippen LogP contribution < -0.4 is 10.0 Å². The number of benzene rings is 2. The summed E-state index contributed by atoms with van der Waals surface area (Å²) in [5.74, 6) is 1.27. The summed E-state index contributed by atoms with van der Waals surface area (Å²) in [5, 5.41) is 7.31. The number of hydrogen-bond donors (Lipinski definition) is 2. The molecule has 0 fully saturated rings. The topological polar surface area (TPSA) is 120 Å². The van der Waals surface area contributed by atoms with E-state index in [0.717, 1.165) is 11.4 Å². The summed E-state index contributed by atoms with van der Waals surface area (Å²) in [6.07, 6.45) is 10.0. The standard InChI is InChI=1S/C22H18N8O2S/c31-33(32,20-8-6-19(7-9-20)30-12-1-10-26-30)28-18-4-2-17(3-5-18)27-21-14-22(25-15-24-21)29-13-11-23-16-29/h1-16,28H,(H,24,25,27). The first kappa shape index (κ1) is 20.4. The van der Waals surface area contributed by atoms with E-state index in [4.69, 9.17) is 0 Å². The van der Waals surface area contributed by atoms with Crippen LogP contribution in [-0.2, 0) is 10.0 Å². The van der Waals surface area contributed by atoms with Gasteiger partial charge in [-0.2, -0.15) is 5.10 Å². The van der Waals surface area contributed by atoms with Crippen LogP contribution in [0, 0.1) is 0 Å². The van der Waals surface area contributed by atoms with E-state index in [1.807, 2.05) is 0 Å². The van der Waals surface area contributed by atoms with Gasteiger partial charge in [0, 0.05) is 42.2 Å². The molecule has 0 radical (unpaired) electrons. The molecule has 0 aliphatic heterocycles. The molecule has 5 aromatic rings. The van der Waals surface area contributed by atoms with Gasteiger partial charge in [-0.05, 0) is 54.6 Å². The fourth-order valence-electron chi connectivity index (χ4n) is 3.13. The van der Waals surface area contributed by atoms with E-state index in [2.05, 4.69) is 30.1 Å². The van der Waals surface area contributed by atoms with Gasteiger partial charge < -0.3 is 5.32 Å². The highest BCUT2D eigenvalue weighted by atomic mass is 32.2. The number of nitrogens with one attached hydrogen (secondary N) is 2. The third kappa shape index (κ3) is 4.57. The predicted molar refractivity (Wildman–Crippen MR) is 123 cm³/mol. The van der Waals surface area contributed by atoms with Gasteiger partial charge in [-0.25, -0.2) is 28.1 Å². The smallest absolute Gasteiger partial charge is 0.261 e. The Morgan fingerprint density at radius 2 is 1.64 bits per heavy atom. The van der Waals surface area contributed by atoms with Gasteiger partial charge in [0.05, 0.1) is 10.6 Å². The van der Waals surface area contributed by atoms with Crippen LogP contribution >= 0.6 is 0 Å². The highest BCUT2D eigenvalue weighted by Crippen LogP contribution is 2.21. The van der Waals surface area contributed by atoms with Crippen molar-refractivity contribution in [2.75, 3.05) is 10.0 Å². The van der Waals surface area contributed by atoms with Crippen molar-refractivity contribution in [3.05, 3.63) is 98.1 Å². The highest BCUT2D eigenvalue weighted by molar-refractivity contribution is 7.92. The number of rotatable bonds is 7. The monoisotopic (exact) mass is 458 g/mol. The van der Waals surface area contributed by atoms with Crippen molar-refractivity contribution in [2.45, 2.75) is 4.90 Å². The van der Waals surface area contributed by atoms with Crippen molar-refractivity contribution >= 4 is 27.2 Å². The first-order valence-electron chi connectivity index (χ1n) is 9.87. The largest absolute Gasteiger partial charge is 0.340 e. The minimum Gasteiger partial charge on any atom is -0.340 e. The lowest BCUT2D eigenvalue weighted by Crippen LogP contribution is -2.13. The van der Waals surface area contributed by atoms with Gasteiger partial charge in [0.2, 0.25) is 0 Å². The second-order valence-corrected chi connectivity index (χ2v) is 8.67. The molecule has 0 amide bonds. The average Bonchev–Trinajstić information content (AvgIpc) is 3.55. The van der Waals surface area contributed by atoms with Crippen molar-refractivity contribution in [3.63, 3.8) is 0 Å². The number of hydrogen-bond acceptors (Lipinski definition) is 7. The molecule has 10 nitrogen and oxygen atoms in total. The van der Waals surface area contributed by atoms with Crippen LogP contribution in [-0.4, -0.2) is 37.7 Å². The minimum atomic E-state index is -3.73. The van der Waals surface area contributed by atoms with Gasteiger partial charge >= 0.3 is 0 Å². The molecule has 3 aromatic heterocycles. The molecule has 0 aliphatic carbocycles. The first-order chi connectivity index (χ1) is 16.1. The van der Waals surface area contributed by atoms with Crippen molar-refractivity contribution in [1.82, 2.24) is 29.3 Å². The minimum absolute atomic E-state index is 0.161. The number of anilines is 3.